The molecule has 0 aliphatic carbocycles. The molecule has 1 N–H and O–H groups in total. The Morgan fingerprint density at radius 3 is 1.00 bits per heavy atom. The van der Waals surface area contributed by atoms with Gasteiger partial charge in [0, 0.05) is 0 Å². The van der Waals surface area contributed by atoms with Gasteiger partial charge < -0.3 is 27.7 Å². The van der Waals surface area contributed by atoms with Gasteiger partial charge in [-0.25, -0.2) is 0 Å². The number of rotatable bonds is 0. The fourth-order valence-electron chi connectivity index (χ4n) is 0. The molecule has 0 saturated carbocycles. The molecule has 0 radical (unpaired) electrons. The van der Waals surface area contributed by atoms with Crippen molar-refractivity contribution >= 4 is 87.3 Å². The minimum absolute atomic E-state index is 0. The van der Waals surface area contributed by atoms with E-state index in [0.29, 0.717) is 0 Å². The summed E-state index contributed by atoms with van der Waals surface area (Å²) in [5.41, 5.74) is 0. The van der Waals surface area contributed by atoms with Crippen molar-refractivity contribution in [3.63, 3.8) is 0 Å². The van der Waals surface area contributed by atoms with E-state index in [2.05, 4.69) is 11.9 Å². The summed E-state index contributed by atoms with van der Waals surface area (Å²) in [5.74, 6) is 0. The Hall–Kier alpha value is 3.35. The second-order valence-electron chi connectivity index (χ2n) is 0. The van der Waals surface area contributed by atoms with Gasteiger partial charge >= 0.3 is 75.5 Å². The molecule has 0 saturated heterocycles. The van der Waals surface area contributed by atoms with Crippen LogP contribution in [0.3, 0.4) is 0 Å². The van der Waals surface area contributed by atoms with Crippen molar-refractivity contribution in [3.8, 4) is 0 Å². The summed E-state index contributed by atoms with van der Waals surface area (Å²) in [4.78, 5) is 0. The van der Waals surface area contributed by atoms with E-state index in [1.54, 1.807) is 0 Å². The minimum atomic E-state index is 0. The van der Waals surface area contributed by atoms with Crippen LogP contribution in [-0.2, 0) is 0 Å². The van der Waals surface area contributed by atoms with Gasteiger partial charge in [-0.2, -0.15) is 0 Å². The molecule has 6 heteroatoms. The first-order chi connectivity index (χ1) is 1.00. The van der Waals surface area contributed by atoms with E-state index in [1.165, 1.54) is 0 Å². The maximum Gasteiger partial charge on any atom is 2.00 e. The zero-order valence-corrected chi connectivity index (χ0v) is 9.68. The third kappa shape index (κ3) is 26.4. The molecule has 0 fully saturated rings. The summed E-state index contributed by atoms with van der Waals surface area (Å²) in [6.07, 6.45) is 0. The normalized spacial score (nSPS) is 1.00. The van der Waals surface area contributed by atoms with Crippen LogP contribution in [0.2, 0.25) is 0 Å². The Morgan fingerprint density at radius 1 is 1.00 bits per heavy atom. The molecule has 0 aromatic rings. The van der Waals surface area contributed by atoms with Crippen molar-refractivity contribution in [2.24, 2.45) is 0 Å². The summed E-state index contributed by atoms with van der Waals surface area (Å²) < 4.78 is 6.47. The average molecular weight is 206 g/mol. The molecule has 0 aliphatic rings. The predicted octanol–water partition coefficient (Wildman–Crippen LogP) is -6.40. The second kappa shape index (κ2) is 40.2. The quantitative estimate of drug-likeness (QED) is 0.390. The maximum absolute atomic E-state index is 6.47. The van der Waals surface area contributed by atoms with Crippen LogP contribution in [0.5, 0.6) is 0 Å². The summed E-state index contributed by atoms with van der Waals surface area (Å²) >= 11 is 3.64. The van der Waals surface area contributed by atoms with E-state index < -0.39 is 0 Å². The molecule has 34 valence electrons. The van der Waals surface area contributed by atoms with Gasteiger partial charge in [0.2, 0.25) is 0 Å². The molecule has 0 aromatic carbocycles. The Balaban J connectivity index is -0.000000000333. The average Bonchev–Trinajstić information content (AvgIpc) is 1.00. The molecule has 6 heavy (non-hydrogen) atoms. The molecular weight excluding hydrogens is 203 g/mol. The monoisotopic (exact) mass is 204 g/mol. The smallest absolute Gasteiger partial charge is 1.00 e. The number of hydrogen-bond acceptors (Lipinski definition) is 1. The molecule has 1 nitrogen and oxygen atoms in total. The molecule has 0 amide bonds. The van der Waals surface area contributed by atoms with Gasteiger partial charge in [-0.05, 0) is 0 Å². The zero-order chi connectivity index (χ0) is 2.00. The van der Waals surface area contributed by atoms with Gasteiger partial charge in [0.25, 0.3) is 0 Å². The van der Waals surface area contributed by atoms with Crippen LogP contribution in [0.25, 0.3) is 0 Å². The van der Waals surface area contributed by atoms with E-state index in [4.69, 9.17) is 4.66 Å². The minimum Gasteiger partial charge on any atom is -1.00 e. The first kappa shape index (κ1) is 34.5. The molecule has 0 spiro atoms. The third-order valence-corrected chi connectivity index (χ3v) is 0. The SMILES string of the molecule is OCl.[Ca+2].[Ca+2].[Cl-].[Cl-].[H-].[H-]. The van der Waals surface area contributed by atoms with E-state index in [0.717, 1.165) is 0 Å². The first-order valence-electron chi connectivity index (χ1n) is 0.169. The van der Waals surface area contributed by atoms with Crippen LogP contribution in [0.15, 0.2) is 0 Å². The Kier molecular flexibility index (Phi) is 231. The first-order valence-corrected chi connectivity index (χ1v) is 0.507. The summed E-state index contributed by atoms with van der Waals surface area (Å²) in [5, 5.41) is 0. The molecular formula is H3Ca2Cl3O. The van der Waals surface area contributed by atoms with Crippen LogP contribution in [0, 0.1) is 0 Å². The van der Waals surface area contributed by atoms with Crippen molar-refractivity contribution in [2.75, 3.05) is 0 Å². The molecule has 0 aliphatic heterocycles. The zero-order valence-electron chi connectivity index (χ0n) is 5.00. The molecule has 0 bridgehead atoms. The van der Waals surface area contributed by atoms with E-state index in [-0.39, 0.29) is 103 Å². The van der Waals surface area contributed by atoms with Crippen LogP contribution in [-0.4, -0.2) is 80.1 Å². The number of hydrogen-bond donors (Lipinski definition) is 1. The molecule has 0 atom stereocenters. The van der Waals surface area contributed by atoms with Gasteiger partial charge in [0.15, 0.2) is 0 Å². The fourth-order valence-corrected chi connectivity index (χ4v) is 0. The predicted molar refractivity (Wildman–Crippen MR) is 21.8 cm³/mol. The van der Waals surface area contributed by atoms with Gasteiger partial charge in [-0.3, -0.25) is 4.66 Å². The van der Waals surface area contributed by atoms with Crippen LogP contribution < -0.4 is 24.8 Å². The van der Waals surface area contributed by atoms with E-state index >= 15 is 0 Å². The van der Waals surface area contributed by atoms with Gasteiger partial charge in [0.1, 0.15) is 0 Å². The summed E-state index contributed by atoms with van der Waals surface area (Å²) in [6.45, 7) is 0. The standard InChI is InChI=1S/2Ca.ClHO.2ClH.2H/c;;1-2;;;;/h;;2H;2*1H;;/q2*+2;;;;2*-1/p-2. The van der Waals surface area contributed by atoms with Gasteiger partial charge in [-0.1, -0.05) is 0 Å². The van der Waals surface area contributed by atoms with Crippen molar-refractivity contribution in [1.29, 1.82) is 0 Å². The van der Waals surface area contributed by atoms with Crippen LogP contribution >= 0.6 is 11.9 Å². The molecule has 0 unspecified atom stereocenters. The van der Waals surface area contributed by atoms with Crippen LogP contribution in [0.4, 0.5) is 0 Å². The Bertz CT molecular complexity index is 15.2. The Morgan fingerprint density at radius 2 is 1.00 bits per heavy atom. The van der Waals surface area contributed by atoms with E-state index in [9.17, 15) is 0 Å². The molecule has 0 rings (SSSR count). The van der Waals surface area contributed by atoms with Gasteiger partial charge in [-0.15, -0.1) is 0 Å². The van der Waals surface area contributed by atoms with Gasteiger partial charge in [0.05, 0.1) is 11.9 Å². The number of halogens is 3. The largest absolute Gasteiger partial charge is 2.00 e. The van der Waals surface area contributed by atoms with Crippen molar-refractivity contribution in [3.05, 3.63) is 0 Å². The third-order valence-electron chi connectivity index (χ3n) is 0. The summed E-state index contributed by atoms with van der Waals surface area (Å²) in [7, 11) is 0. The van der Waals surface area contributed by atoms with E-state index in [1.807, 2.05) is 0 Å². The molecule has 0 aromatic heterocycles. The van der Waals surface area contributed by atoms with Crippen LogP contribution in [0.1, 0.15) is 2.85 Å². The second-order valence-corrected chi connectivity index (χ2v) is 0. The maximum atomic E-state index is 6.47. The van der Waals surface area contributed by atoms with Crippen molar-refractivity contribution < 1.29 is 32.3 Å². The topological polar surface area (TPSA) is 20.2 Å². The summed E-state index contributed by atoms with van der Waals surface area (Å²) in [6, 6.07) is 0. The fraction of sp³-hybridized carbons (Fsp3) is 0. The molecule has 0 heterocycles. The van der Waals surface area contributed by atoms with Crippen molar-refractivity contribution in [2.45, 2.75) is 0 Å². The Labute approximate surface area is 117 Å². The van der Waals surface area contributed by atoms with Crippen molar-refractivity contribution in [1.82, 2.24) is 0 Å².